The second-order valence-electron chi connectivity index (χ2n) is 1.74. The Morgan fingerprint density at radius 1 is 1.80 bits per heavy atom. The van der Waals surface area contributed by atoms with Crippen molar-refractivity contribution in [2.75, 3.05) is 13.2 Å². The highest BCUT2D eigenvalue weighted by Crippen LogP contribution is 1.84. The maximum atomic E-state index is 10.6. The minimum atomic E-state index is -0.390. The van der Waals surface area contributed by atoms with E-state index >= 15 is 0 Å². The molecule has 0 aliphatic heterocycles. The van der Waals surface area contributed by atoms with Gasteiger partial charge >= 0.3 is 6.03 Å². The highest BCUT2D eigenvalue weighted by Gasteiger charge is 2.00. The zero-order valence-electron chi connectivity index (χ0n) is 5.72. The molecule has 0 fully saturated rings. The number of rotatable bonds is 3. The first-order chi connectivity index (χ1) is 4.66. The number of hydrogen-bond acceptors (Lipinski definition) is 2. The van der Waals surface area contributed by atoms with E-state index in [1.54, 1.807) is 6.92 Å². The van der Waals surface area contributed by atoms with E-state index < -0.39 is 5.50 Å². The van der Waals surface area contributed by atoms with Crippen LogP contribution >= 0.6 is 11.6 Å². The van der Waals surface area contributed by atoms with Gasteiger partial charge in [-0.3, -0.25) is 0 Å². The van der Waals surface area contributed by atoms with E-state index in [4.69, 9.17) is 16.7 Å². The van der Waals surface area contributed by atoms with E-state index in [0.29, 0.717) is 0 Å². The molecule has 10 heavy (non-hydrogen) atoms. The van der Waals surface area contributed by atoms with Crippen molar-refractivity contribution in [3.8, 4) is 0 Å². The summed E-state index contributed by atoms with van der Waals surface area (Å²) in [4.78, 5) is 10.6. The molecular formula is C5H11ClN2O2. The highest BCUT2D eigenvalue weighted by atomic mass is 35.5. The predicted molar refractivity (Wildman–Crippen MR) is 38.9 cm³/mol. The van der Waals surface area contributed by atoms with E-state index in [-0.39, 0.29) is 19.2 Å². The van der Waals surface area contributed by atoms with Gasteiger partial charge in [-0.2, -0.15) is 0 Å². The molecule has 0 aliphatic carbocycles. The Labute approximate surface area is 64.6 Å². The van der Waals surface area contributed by atoms with E-state index in [1.165, 1.54) is 0 Å². The van der Waals surface area contributed by atoms with Crippen LogP contribution in [0.15, 0.2) is 0 Å². The lowest BCUT2D eigenvalue weighted by Gasteiger charge is -2.06. The molecular weight excluding hydrogens is 156 g/mol. The first-order valence-electron chi connectivity index (χ1n) is 2.96. The van der Waals surface area contributed by atoms with Gasteiger partial charge in [-0.1, -0.05) is 11.6 Å². The van der Waals surface area contributed by atoms with Gasteiger partial charge < -0.3 is 15.7 Å². The number of amides is 2. The molecule has 1 unspecified atom stereocenters. The average Bonchev–Trinajstić information content (AvgIpc) is 1.82. The van der Waals surface area contributed by atoms with Crippen LogP contribution in [0.4, 0.5) is 4.79 Å². The van der Waals surface area contributed by atoms with Gasteiger partial charge in [0.15, 0.2) is 0 Å². The topological polar surface area (TPSA) is 61.4 Å². The van der Waals surface area contributed by atoms with Gasteiger partial charge in [-0.05, 0) is 6.92 Å². The summed E-state index contributed by atoms with van der Waals surface area (Å²) in [5.41, 5.74) is -0.390. The molecule has 1 atom stereocenters. The lowest BCUT2D eigenvalue weighted by atomic mass is 10.6. The van der Waals surface area contributed by atoms with Gasteiger partial charge in [0, 0.05) is 6.54 Å². The van der Waals surface area contributed by atoms with E-state index in [2.05, 4.69) is 10.6 Å². The molecule has 2 amide bonds. The van der Waals surface area contributed by atoms with Crippen LogP contribution in [0.25, 0.3) is 0 Å². The highest BCUT2D eigenvalue weighted by molar-refractivity contribution is 6.20. The number of carbonyl (C=O) groups is 1. The lowest BCUT2D eigenvalue weighted by Crippen LogP contribution is -2.39. The summed E-state index contributed by atoms with van der Waals surface area (Å²) in [7, 11) is 0. The lowest BCUT2D eigenvalue weighted by molar-refractivity contribution is 0.234. The largest absolute Gasteiger partial charge is 0.395 e. The van der Waals surface area contributed by atoms with Gasteiger partial charge in [0.25, 0.3) is 0 Å². The van der Waals surface area contributed by atoms with Gasteiger partial charge in [-0.15, -0.1) is 0 Å². The summed E-state index contributed by atoms with van der Waals surface area (Å²) in [6, 6.07) is -0.364. The molecule has 0 aromatic rings. The van der Waals surface area contributed by atoms with Crippen LogP contribution in [0, 0.1) is 0 Å². The van der Waals surface area contributed by atoms with E-state index in [9.17, 15) is 4.79 Å². The molecule has 0 aromatic heterocycles. The molecule has 0 heterocycles. The summed E-state index contributed by atoms with van der Waals surface area (Å²) in [5, 5.41) is 13.0. The fourth-order valence-electron chi connectivity index (χ4n) is 0.401. The van der Waals surface area contributed by atoms with Crippen molar-refractivity contribution in [1.29, 1.82) is 0 Å². The Morgan fingerprint density at radius 2 is 2.40 bits per heavy atom. The Morgan fingerprint density at radius 3 is 2.80 bits per heavy atom. The van der Waals surface area contributed by atoms with Gasteiger partial charge in [0.05, 0.1) is 6.61 Å². The fraction of sp³-hybridized carbons (Fsp3) is 0.800. The number of carbonyl (C=O) groups excluding carboxylic acids is 1. The summed E-state index contributed by atoms with van der Waals surface area (Å²) in [5.74, 6) is 0. The van der Waals surface area contributed by atoms with Crippen molar-refractivity contribution in [2.45, 2.75) is 12.4 Å². The van der Waals surface area contributed by atoms with Crippen molar-refractivity contribution in [3.05, 3.63) is 0 Å². The van der Waals surface area contributed by atoms with Crippen LogP contribution < -0.4 is 10.6 Å². The summed E-state index contributed by atoms with van der Waals surface area (Å²) >= 11 is 5.42. The molecule has 0 aliphatic rings. The third-order valence-corrected chi connectivity index (χ3v) is 0.836. The Balaban J connectivity index is 3.26. The van der Waals surface area contributed by atoms with Crippen LogP contribution in [-0.2, 0) is 0 Å². The van der Waals surface area contributed by atoms with Gasteiger partial charge in [0.2, 0.25) is 0 Å². The monoisotopic (exact) mass is 166 g/mol. The molecule has 60 valence electrons. The molecule has 0 bridgehead atoms. The van der Waals surface area contributed by atoms with Gasteiger partial charge in [-0.25, -0.2) is 4.79 Å². The molecule has 0 rings (SSSR count). The molecule has 0 saturated heterocycles. The molecule has 3 N–H and O–H groups in total. The Hall–Kier alpha value is -0.480. The molecule has 0 saturated carbocycles. The predicted octanol–water partition coefficient (Wildman–Crippen LogP) is -0.137. The maximum Gasteiger partial charge on any atom is 0.316 e. The van der Waals surface area contributed by atoms with Crippen LogP contribution in [0.2, 0.25) is 0 Å². The van der Waals surface area contributed by atoms with Gasteiger partial charge in [0.1, 0.15) is 5.50 Å². The summed E-state index contributed by atoms with van der Waals surface area (Å²) in [6.45, 7) is 1.82. The van der Waals surface area contributed by atoms with Crippen molar-refractivity contribution in [3.63, 3.8) is 0 Å². The molecule has 0 spiro atoms. The first-order valence-corrected chi connectivity index (χ1v) is 3.39. The van der Waals surface area contributed by atoms with E-state index in [0.717, 1.165) is 0 Å². The normalized spacial score (nSPS) is 12.3. The number of nitrogens with one attached hydrogen (secondary N) is 2. The second-order valence-corrected chi connectivity index (χ2v) is 2.39. The number of alkyl halides is 1. The zero-order valence-corrected chi connectivity index (χ0v) is 6.48. The smallest absolute Gasteiger partial charge is 0.316 e. The third kappa shape index (κ3) is 5.65. The van der Waals surface area contributed by atoms with Crippen LogP contribution in [0.5, 0.6) is 0 Å². The number of hydrogen-bond donors (Lipinski definition) is 3. The maximum absolute atomic E-state index is 10.6. The fourth-order valence-corrected chi connectivity index (χ4v) is 0.500. The number of aliphatic hydroxyl groups is 1. The Kier molecular flexibility index (Phi) is 5.06. The minimum absolute atomic E-state index is 0.0654. The van der Waals surface area contributed by atoms with Crippen molar-refractivity contribution in [2.24, 2.45) is 0 Å². The first kappa shape index (κ1) is 9.52. The number of halogens is 1. The van der Waals surface area contributed by atoms with E-state index in [1.807, 2.05) is 0 Å². The molecule has 0 aromatic carbocycles. The average molecular weight is 167 g/mol. The summed E-state index contributed by atoms with van der Waals surface area (Å²) < 4.78 is 0. The quantitative estimate of drug-likeness (QED) is 0.404. The van der Waals surface area contributed by atoms with Crippen molar-refractivity contribution < 1.29 is 9.90 Å². The Bertz CT molecular complexity index is 108. The molecule has 4 nitrogen and oxygen atoms in total. The van der Waals surface area contributed by atoms with Crippen LogP contribution in [0.1, 0.15) is 6.92 Å². The van der Waals surface area contributed by atoms with Crippen molar-refractivity contribution in [1.82, 2.24) is 10.6 Å². The third-order valence-electron chi connectivity index (χ3n) is 0.727. The zero-order chi connectivity index (χ0) is 7.98. The molecule has 5 heteroatoms. The second kappa shape index (κ2) is 5.32. The van der Waals surface area contributed by atoms with Crippen molar-refractivity contribution >= 4 is 17.6 Å². The van der Waals surface area contributed by atoms with Crippen LogP contribution in [-0.4, -0.2) is 29.8 Å². The molecule has 0 radical (unpaired) electrons. The standard InChI is InChI=1S/C5H11ClN2O2/c1-4(6)8-5(10)7-2-3-9/h4,9H,2-3H2,1H3,(H2,7,8,10). The van der Waals surface area contributed by atoms with Crippen LogP contribution in [0.3, 0.4) is 0 Å². The SMILES string of the molecule is CC(Cl)NC(=O)NCCO. The summed E-state index contributed by atoms with van der Waals surface area (Å²) in [6.07, 6.45) is 0. The minimum Gasteiger partial charge on any atom is -0.395 e. The number of urea groups is 1. The number of aliphatic hydroxyl groups excluding tert-OH is 1.